The Hall–Kier alpha value is -1.64. The average Bonchev–Trinajstić information content (AvgIpc) is 3.49. The van der Waals surface area contributed by atoms with E-state index in [1.54, 1.807) is 0 Å². The number of nitrogens with zero attached hydrogens (tertiary/aromatic N) is 1. The number of nitrogens with one attached hydrogen (secondary N) is 3. The first-order valence-corrected chi connectivity index (χ1v) is 23.7. The van der Waals surface area contributed by atoms with Gasteiger partial charge in [0.25, 0.3) is 0 Å². The van der Waals surface area contributed by atoms with E-state index < -0.39 is 11.8 Å². The van der Waals surface area contributed by atoms with Gasteiger partial charge in [-0.2, -0.15) is 0 Å². The minimum atomic E-state index is -0.708. The molecular formula is C45H83N6O6+. The Kier molecular flexibility index (Phi) is 19.5. The van der Waals surface area contributed by atoms with E-state index in [0.29, 0.717) is 45.2 Å². The third-order valence-corrected chi connectivity index (χ3v) is 13.7. The fourth-order valence-corrected chi connectivity index (χ4v) is 10.7. The Morgan fingerprint density at radius 3 is 2.30 bits per heavy atom. The van der Waals surface area contributed by atoms with Gasteiger partial charge in [-0.25, -0.2) is 10.6 Å². The van der Waals surface area contributed by atoms with Crippen LogP contribution in [0.4, 0.5) is 0 Å². The molecule has 0 aromatic rings. The van der Waals surface area contributed by atoms with Crippen LogP contribution in [0.15, 0.2) is 12.2 Å². The number of carbonyl (C=O) groups is 2. The van der Waals surface area contributed by atoms with Gasteiger partial charge in [0, 0.05) is 32.4 Å². The van der Waals surface area contributed by atoms with Crippen molar-refractivity contribution in [1.29, 1.82) is 0 Å². The van der Waals surface area contributed by atoms with Gasteiger partial charge in [0.2, 0.25) is 12.2 Å². The Labute approximate surface area is 345 Å². The second kappa shape index (κ2) is 24.0. The fourth-order valence-electron chi connectivity index (χ4n) is 10.7. The number of unbranched alkanes of at least 4 members (excludes halogenated alkanes) is 11. The van der Waals surface area contributed by atoms with E-state index >= 15 is 0 Å². The van der Waals surface area contributed by atoms with Gasteiger partial charge in [-0.3, -0.25) is 9.59 Å². The molecule has 10 atom stereocenters. The summed E-state index contributed by atoms with van der Waals surface area (Å²) in [6.07, 6.45) is 29.2. The molecule has 12 heteroatoms. The van der Waals surface area contributed by atoms with Crippen molar-refractivity contribution >= 4 is 11.9 Å². The second-order valence-electron chi connectivity index (χ2n) is 18.2. The van der Waals surface area contributed by atoms with E-state index in [-0.39, 0.29) is 54.5 Å². The zero-order valence-corrected chi connectivity index (χ0v) is 36.0. The van der Waals surface area contributed by atoms with E-state index in [1.807, 2.05) is 4.90 Å². The molecule has 10 unspecified atom stereocenters. The lowest BCUT2D eigenvalue weighted by Gasteiger charge is -2.58. The number of amides is 1. The van der Waals surface area contributed by atoms with Crippen LogP contribution in [-0.2, 0) is 23.8 Å². The first-order valence-electron chi connectivity index (χ1n) is 23.7. The van der Waals surface area contributed by atoms with Crippen molar-refractivity contribution in [3.05, 3.63) is 12.2 Å². The molecule has 0 radical (unpaired) electrons. The number of rotatable bonds is 25. The topological polar surface area (TPSA) is 166 Å². The largest absolute Gasteiger partial charge is 0.465 e. The van der Waals surface area contributed by atoms with Gasteiger partial charge in [-0.05, 0) is 90.6 Å². The van der Waals surface area contributed by atoms with Crippen LogP contribution in [0.2, 0.25) is 0 Å². The van der Waals surface area contributed by atoms with Crippen LogP contribution in [0.5, 0.6) is 0 Å². The summed E-state index contributed by atoms with van der Waals surface area (Å²) in [5.41, 5.74) is 10.2. The third kappa shape index (κ3) is 13.4. The van der Waals surface area contributed by atoms with Gasteiger partial charge in [-0.1, -0.05) is 83.3 Å². The van der Waals surface area contributed by atoms with Crippen molar-refractivity contribution < 1.29 is 33.8 Å². The zero-order valence-electron chi connectivity index (χ0n) is 36.0. The van der Waals surface area contributed by atoms with Crippen LogP contribution in [-0.4, -0.2) is 103 Å². The normalized spacial score (nSPS) is 32.6. The molecule has 0 bridgehead atoms. The van der Waals surface area contributed by atoms with Crippen molar-refractivity contribution in [2.45, 2.75) is 223 Å². The van der Waals surface area contributed by atoms with Crippen molar-refractivity contribution in [1.82, 2.24) is 15.5 Å². The van der Waals surface area contributed by atoms with Crippen molar-refractivity contribution in [2.24, 2.45) is 17.4 Å². The van der Waals surface area contributed by atoms with Crippen molar-refractivity contribution in [2.75, 3.05) is 32.8 Å². The number of aliphatic hydroxyl groups excluding tert-OH is 1. The maximum Gasteiger partial charge on any atom is 0.319 e. The highest BCUT2D eigenvalue weighted by Gasteiger charge is 2.66. The van der Waals surface area contributed by atoms with Gasteiger partial charge < -0.3 is 40.6 Å². The predicted molar refractivity (Wildman–Crippen MR) is 225 cm³/mol. The van der Waals surface area contributed by atoms with Gasteiger partial charge >= 0.3 is 5.97 Å². The monoisotopic (exact) mass is 804 g/mol. The first-order chi connectivity index (χ1) is 27.7. The van der Waals surface area contributed by atoms with Gasteiger partial charge in [-0.15, -0.1) is 0 Å². The lowest BCUT2D eigenvalue weighted by atomic mass is 9.79. The molecule has 2 spiro atoms. The molecule has 0 aromatic carbocycles. The average molecular weight is 804 g/mol. The molecule has 0 aliphatic carbocycles. The lowest BCUT2D eigenvalue weighted by Crippen LogP contribution is -3.29. The first kappa shape index (κ1) is 46.4. The summed E-state index contributed by atoms with van der Waals surface area (Å²) in [4.78, 5) is 30.1. The molecule has 4 fully saturated rings. The summed E-state index contributed by atoms with van der Waals surface area (Å²) in [5, 5.41) is 18.4. The number of allylic oxidation sites excluding steroid dienone is 1. The molecule has 57 heavy (non-hydrogen) atoms. The second-order valence-corrected chi connectivity index (χ2v) is 18.2. The smallest absolute Gasteiger partial charge is 0.319 e. The molecule has 12 nitrogen and oxygen atoms in total. The maximum absolute atomic E-state index is 14.1. The highest BCUT2D eigenvalue weighted by atomic mass is 16.6. The zero-order chi connectivity index (χ0) is 40.5. The molecule has 4 saturated heterocycles. The standard InChI is InChI=1S/C45H82N6O6/c1-3-38-23-14-15-26-44(57-38)34-36-24-25-39-41(45(27-19-21-35(2)56-45)49-43(48-44)51(36)39)42(54)55-32-18-12-10-8-6-4-5-7-9-11-13-22-37(52)33-40(53)50(31-20-29-47)30-17-16-28-46/h14,23,35-39,41,43,48-49,52H,3-13,15-22,24-34,46-47H2,1-2H3/p+1. The van der Waals surface area contributed by atoms with Crippen LogP contribution >= 0.6 is 0 Å². The predicted octanol–water partition coefficient (Wildman–Crippen LogP) is 4.92. The number of hydrogen-bond donors (Lipinski definition) is 6. The number of ether oxygens (including phenoxy) is 3. The number of quaternary nitrogens is 1. The highest BCUT2D eigenvalue weighted by molar-refractivity contribution is 5.76. The lowest BCUT2D eigenvalue weighted by molar-refractivity contribution is -0.985. The number of nitrogens with two attached hydrogens (primary N) is 2. The summed E-state index contributed by atoms with van der Waals surface area (Å²) in [6.45, 7) is 7.38. The van der Waals surface area contributed by atoms with Crippen LogP contribution in [0.25, 0.3) is 0 Å². The SMILES string of the molecule is CCC1C=CCCC2(CC3CCC4C(C(=O)OCCCCCCCCCCCCCC(O)CC(=O)N(CCCN)CCCCN)C5(CCCC(C)O5)NC(N2)[NH+]34)O1. The quantitative estimate of drug-likeness (QED) is 0.0424. The van der Waals surface area contributed by atoms with Crippen molar-refractivity contribution in [3.8, 4) is 0 Å². The summed E-state index contributed by atoms with van der Waals surface area (Å²) in [6, 6.07) is 0.623. The number of hydrogen-bond acceptors (Lipinski definition) is 10. The van der Waals surface area contributed by atoms with Crippen LogP contribution in [0.3, 0.4) is 0 Å². The molecule has 0 saturated carbocycles. The minimum absolute atomic E-state index is 0.00997. The third-order valence-electron chi connectivity index (χ3n) is 13.7. The van der Waals surface area contributed by atoms with E-state index in [9.17, 15) is 14.7 Å². The summed E-state index contributed by atoms with van der Waals surface area (Å²) >= 11 is 0. The molecule has 5 rings (SSSR count). The van der Waals surface area contributed by atoms with E-state index in [2.05, 4.69) is 36.6 Å². The summed E-state index contributed by atoms with van der Waals surface area (Å²) < 4.78 is 19.8. The van der Waals surface area contributed by atoms with Crippen LogP contribution < -0.4 is 27.0 Å². The van der Waals surface area contributed by atoms with Crippen molar-refractivity contribution in [3.63, 3.8) is 0 Å². The Morgan fingerprint density at radius 2 is 1.60 bits per heavy atom. The number of carbonyl (C=O) groups excluding carboxylic acids is 2. The molecule has 1 amide bonds. The van der Waals surface area contributed by atoms with Crippen LogP contribution in [0, 0.1) is 5.92 Å². The molecule has 5 heterocycles. The molecule has 328 valence electrons. The number of aliphatic hydroxyl groups is 1. The van der Waals surface area contributed by atoms with Crippen LogP contribution in [0.1, 0.15) is 174 Å². The van der Waals surface area contributed by atoms with E-state index in [4.69, 9.17) is 25.7 Å². The maximum atomic E-state index is 14.1. The molecule has 5 aliphatic heterocycles. The summed E-state index contributed by atoms with van der Waals surface area (Å²) in [5.74, 6) is -0.344. The Balaban J connectivity index is 0.940. The van der Waals surface area contributed by atoms with E-state index in [1.165, 1.54) is 49.8 Å². The molecule has 5 aliphatic rings. The van der Waals surface area contributed by atoms with Gasteiger partial charge in [0.1, 0.15) is 17.5 Å². The number of esters is 1. The Bertz CT molecular complexity index is 1230. The molecule has 8 N–H and O–H groups in total. The van der Waals surface area contributed by atoms with Gasteiger partial charge in [0.05, 0.1) is 37.4 Å². The Morgan fingerprint density at radius 1 is 0.895 bits per heavy atom. The fraction of sp³-hybridized carbons (Fsp3) is 0.911. The van der Waals surface area contributed by atoms with E-state index in [0.717, 1.165) is 103 Å². The highest BCUT2D eigenvalue weighted by Crippen LogP contribution is 2.42. The molecular weight excluding hydrogens is 721 g/mol. The minimum Gasteiger partial charge on any atom is -0.465 e. The van der Waals surface area contributed by atoms with Gasteiger partial charge in [0.15, 0.2) is 5.92 Å². The summed E-state index contributed by atoms with van der Waals surface area (Å²) in [7, 11) is 0. The molecule has 0 aromatic heterocycles.